The van der Waals surface area contributed by atoms with E-state index in [0.29, 0.717) is 0 Å². The van der Waals surface area contributed by atoms with E-state index < -0.39 is 40.0 Å². The third kappa shape index (κ3) is 2.97. The third-order valence-electron chi connectivity index (χ3n) is 2.88. The highest BCUT2D eigenvalue weighted by Gasteiger charge is 2.33. The number of allylic oxidation sites excluding steroid dienone is 1. The highest BCUT2D eigenvalue weighted by molar-refractivity contribution is 14.1. The number of alkyl halides is 3. The number of amides is 1. The van der Waals surface area contributed by atoms with E-state index in [-0.39, 0.29) is 12.1 Å². The number of benzene rings is 1. The van der Waals surface area contributed by atoms with Crippen LogP contribution < -0.4 is 0 Å². The van der Waals surface area contributed by atoms with E-state index in [1.807, 2.05) is 22.6 Å². The summed E-state index contributed by atoms with van der Waals surface area (Å²) in [7, 11) is 0. The van der Waals surface area contributed by atoms with E-state index in [1.54, 1.807) is 0 Å². The van der Waals surface area contributed by atoms with Crippen molar-refractivity contribution in [3.8, 4) is 0 Å². The van der Waals surface area contributed by atoms with Crippen LogP contribution in [0, 0.1) is 11.6 Å². The minimum absolute atomic E-state index is 0.126. The lowest BCUT2D eigenvalue weighted by Crippen LogP contribution is -2.41. The number of hydrogen-bond acceptors (Lipinski definition) is 1. The molecule has 0 saturated heterocycles. The second-order valence-electron chi connectivity index (χ2n) is 4.23. The zero-order valence-electron chi connectivity index (χ0n) is 10.1. The van der Waals surface area contributed by atoms with Crippen LogP contribution in [-0.2, 0) is 4.79 Å². The van der Waals surface area contributed by atoms with Gasteiger partial charge in [-0.05, 0) is 18.6 Å². The van der Waals surface area contributed by atoms with Crippen LogP contribution in [0.15, 0.2) is 24.3 Å². The molecule has 0 spiro atoms. The van der Waals surface area contributed by atoms with Crippen LogP contribution >= 0.6 is 22.6 Å². The van der Waals surface area contributed by atoms with Gasteiger partial charge in [-0.25, -0.2) is 17.6 Å². The molecule has 108 valence electrons. The zero-order chi connectivity index (χ0) is 14.9. The summed E-state index contributed by atoms with van der Waals surface area (Å²) >= 11 is 1.82. The first-order chi connectivity index (χ1) is 9.41. The molecule has 1 aromatic rings. The van der Waals surface area contributed by atoms with Crippen molar-refractivity contribution in [2.75, 3.05) is 6.54 Å². The van der Waals surface area contributed by atoms with E-state index >= 15 is 0 Å². The van der Waals surface area contributed by atoms with Crippen molar-refractivity contribution in [1.82, 2.24) is 4.90 Å². The molecule has 1 aromatic carbocycles. The molecule has 0 fully saturated rings. The van der Waals surface area contributed by atoms with E-state index in [0.717, 1.165) is 17.0 Å². The first-order valence-electron chi connectivity index (χ1n) is 5.80. The van der Waals surface area contributed by atoms with Gasteiger partial charge in [-0.3, -0.25) is 4.79 Å². The second kappa shape index (κ2) is 6.11. The summed E-state index contributed by atoms with van der Waals surface area (Å²) in [4.78, 5) is 12.7. The fourth-order valence-corrected chi connectivity index (χ4v) is 2.61. The van der Waals surface area contributed by atoms with Crippen LogP contribution in [0.25, 0.3) is 5.70 Å². The predicted molar refractivity (Wildman–Crippen MR) is 74.5 cm³/mol. The Morgan fingerprint density at radius 3 is 2.45 bits per heavy atom. The molecule has 0 bridgehead atoms. The number of carbonyl (C=O) groups excluding carboxylic acids is 1. The number of rotatable bonds is 3. The Kier molecular flexibility index (Phi) is 4.66. The molecule has 0 aliphatic carbocycles. The summed E-state index contributed by atoms with van der Waals surface area (Å²) in [6, 6.07) is 3.23. The van der Waals surface area contributed by atoms with Crippen molar-refractivity contribution >= 4 is 34.2 Å². The van der Waals surface area contributed by atoms with Gasteiger partial charge < -0.3 is 4.90 Å². The van der Waals surface area contributed by atoms with Gasteiger partial charge in [-0.15, -0.1) is 0 Å². The molecule has 1 aliphatic heterocycles. The van der Waals surface area contributed by atoms with Gasteiger partial charge in [-0.1, -0.05) is 34.7 Å². The van der Waals surface area contributed by atoms with Crippen LogP contribution in [0.1, 0.15) is 12.0 Å². The Labute approximate surface area is 126 Å². The van der Waals surface area contributed by atoms with Crippen molar-refractivity contribution in [1.29, 1.82) is 0 Å². The average molecular weight is 399 g/mol. The molecular formula is C13H10F4INO. The largest absolute Gasteiger partial charge is 0.305 e. The highest BCUT2D eigenvalue weighted by atomic mass is 127. The van der Waals surface area contributed by atoms with Crippen LogP contribution in [0.4, 0.5) is 17.6 Å². The van der Waals surface area contributed by atoms with Gasteiger partial charge in [0.2, 0.25) is 5.91 Å². The number of halogens is 5. The summed E-state index contributed by atoms with van der Waals surface area (Å²) < 4.78 is 52.2. The van der Waals surface area contributed by atoms with E-state index in [9.17, 15) is 22.4 Å². The lowest BCUT2D eigenvalue weighted by Gasteiger charge is -2.31. The lowest BCUT2D eigenvalue weighted by atomic mass is 10.0. The summed E-state index contributed by atoms with van der Waals surface area (Å²) in [5.74, 6) is -2.32. The van der Waals surface area contributed by atoms with Gasteiger partial charge in [-0.2, -0.15) is 0 Å². The van der Waals surface area contributed by atoms with Gasteiger partial charge in [0.25, 0.3) is 6.43 Å². The number of carbonyl (C=O) groups is 1. The molecule has 1 aliphatic rings. The van der Waals surface area contributed by atoms with E-state index in [2.05, 4.69) is 0 Å². The van der Waals surface area contributed by atoms with Crippen molar-refractivity contribution in [3.05, 3.63) is 41.5 Å². The minimum atomic E-state index is -2.78. The molecule has 0 radical (unpaired) electrons. The van der Waals surface area contributed by atoms with E-state index in [4.69, 9.17) is 0 Å². The summed E-state index contributed by atoms with van der Waals surface area (Å²) in [5.41, 5.74) is -0.566. The van der Waals surface area contributed by atoms with Crippen molar-refractivity contribution in [3.63, 3.8) is 0 Å². The molecule has 7 heteroatoms. The lowest BCUT2D eigenvalue weighted by molar-refractivity contribution is -0.128. The Balaban J connectivity index is 2.49. The summed E-state index contributed by atoms with van der Waals surface area (Å²) in [5, 5.41) is 0. The van der Waals surface area contributed by atoms with Gasteiger partial charge in [0.05, 0.1) is 21.7 Å². The van der Waals surface area contributed by atoms with Gasteiger partial charge >= 0.3 is 0 Å². The molecule has 1 amide bonds. The van der Waals surface area contributed by atoms with Gasteiger partial charge in [0, 0.05) is 0 Å². The topological polar surface area (TPSA) is 20.3 Å². The van der Waals surface area contributed by atoms with Crippen molar-refractivity contribution in [2.45, 2.75) is 16.8 Å². The molecule has 0 aromatic heterocycles. The molecule has 2 rings (SSSR count). The van der Waals surface area contributed by atoms with E-state index in [1.165, 1.54) is 12.1 Å². The van der Waals surface area contributed by atoms with Gasteiger partial charge in [0.15, 0.2) is 0 Å². The smallest absolute Gasteiger partial charge is 0.256 e. The molecule has 0 saturated carbocycles. The molecule has 0 N–H and O–H groups in total. The minimum Gasteiger partial charge on any atom is -0.305 e. The fraction of sp³-hybridized carbons (Fsp3) is 0.308. The quantitative estimate of drug-likeness (QED) is 0.432. The van der Waals surface area contributed by atoms with Crippen molar-refractivity contribution < 1.29 is 22.4 Å². The Hall–Kier alpha value is -1.12. The molecular weight excluding hydrogens is 389 g/mol. The molecule has 1 unspecified atom stereocenters. The maximum Gasteiger partial charge on any atom is 0.256 e. The highest BCUT2D eigenvalue weighted by Crippen LogP contribution is 2.32. The molecule has 2 nitrogen and oxygen atoms in total. The maximum atomic E-state index is 13.8. The second-order valence-corrected chi connectivity index (χ2v) is 5.73. The number of hydrogen-bond donors (Lipinski definition) is 0. The zero-order valence-corrected chi connectivity index (χ0v) is 12.3. The normalized spacial score (nSPS) is 19.5. The van der Waals surface area contributed by atoms with Gasteiger partial charge in [0.1, 0.15) is 11.6 Å². The first-order valence-corrected chi connectivity index (χ1v) is 7.04. The number of nitrogens with zero attached hydrogens (tertiary/aromatic N) is 1. The van der Waals surface area contributed by atoms with Crippen LogP contribution in [-0.4, -0.2) is 27.7 Å². The van der Waals surface area contributed by atoms with Crippen LogP contribution in [0.3, 0.4) is 0 Å². The van der Waals surface area contributed by atoms with Crippen LogP contribution in [0.2, 0.25) is 0 Å². The summed E-state index contributed by atoms with van der Waals surface area (Å²) in [6.07, 6.45) is -1.11. The molecule has 1 heterocycles. The Morgan fingerprint density at radius 1 is 1.30 bits per heavy atom. The first kappa shape index (κ1) is 15.3. The maximum absolute atomic E-state index is 13.8. The predicted octanol–water partition coefficient (Wildman–Crippen LogP) is 3.61. The Bertz CT molecular complexity index is 541. The standard InChI is InChI=1S/C13H10F4INO/c14-7-2-1-3-8(15)12(7)10-5-4-9(18)13(20)19(10)6-11(16)17/h1-3,5,9,11H,4,6H2. The molecule has 1 atom stereocenters. The molecule has 20 heavy (non-hydrogen) atoms. The van der Waals surface area contributed by atoms with Crippen LogP contribution in [0.5, 0.6) is 0 Å². The summed E-state index contributed by atoms with van der Waals surface area (Å²) in [6.45, 7) is -0.877. The SMILES string of the molecule is O=C1C(I)CC=C(c2c(F)cccc2F)N1CC(F)F. The average Bonchev–Trinajstić information content (AvgIpc) is 2.37. The fourth-order valence-electron chi connectivity index (χ4n) is 2.02. The van der Waals surface area contributed by atoms with Crippen molar-refractivity contribution in [2.24, 2.45) is 0 Å². The Morgan fingerprint density at radius 2 is 1.90 bits per heavy atom. The third-order valence-corrected chi connectivity index (χ3v) is 3.92. The monoisotopic (exact) mass is 399 g/mol.